The number of rotatable bonds is 3. The van der Waals surface area contributed by atoms with E-state index in [1.165, 1.54) is 10.4 Å². The van der Waals surface area contributed by atoms with Crippen molar-refractivity contribution in [3.8, 4) is 0 Å². The van der Waals surface area contributed by atoms with Gasteiger partial charge >= 0.3 is 0 Å². The molecule has 1 aliphatic heterocycles. The molecule has 110 valence electrons. The molecule has 3 nitrogen and oxygen atoms in total. The van der Waals surface area contributed by atoms with Gasteiger partial charge in [-0.05, 0) is 58.4 Å². The average Bonchev–Trinajstić information content (AvgIpc) is 2.94. The zero-order valence-corrected chi connectivity index (χ0v) is 14.2. The maximum atomic E-state index is 12.3. The van der Waals surface area contributed by atoms with Gasteiger partial charge in [-0.3, -0.25) is 9.69 Å². The quantitative estimate of drug-likeness (QED) is 0.890. The van der Waals surface area contributed by atoms with E-state index in [0.29, 0.717) is 12.6 Å². The zero-order valence-electron chi connectivity index (χ0n) is 11.8. The number of carbonyl (C=O) groups is 1. The van der Waals surface area contributed by atoms with E-state index in [-0.39, 0.29) is 5.91 Å². The third-order valence-electron chi connectivity index (χ3n) is 3.90. The summed E-state index contributed by atoms with van der Waals surface area (Å²) >= 11 is 5.27. The Hall–Kier alpha value is -1.17. The molecule has 0 aliphatic carbocycles. The number of amides is 1. The minimum absolute atomic E-state index is 0.0347. The Bertz CT molecular complexity index is 655. The minimum Gasteiger partial charge on any atom is -0.324 e. The van der Waals surface area contributed by atoms with Crippen molar-refractivity contribution in [2.75, 3.05) is 18.4 Å². The first-order chi connectivity index (χ1) is 10.1. The summed E-state index contributed by atoms with van der Waals surface area (Å²) in [7, 11) is 0. The van der Waals surface area contributed by atoms with E-state index in [9.17, 15) is 4.79 Å². The van der Waals surface area contributed by atoms with Crippen molar-refractivity contribution in [3.63, 3.8) is 0 Å². The smallest absolute Gasteiger partial charge is 0.238 e. The topological polar surface area (TPSA) is 32.3 Å². The summed E-state index contributed by atoms with van der Waals surface area (Å²) in [6.07, 6.45) is 1.04. The van der Waals surface area contributed by atoms with Crippen molar-refractivity contribution in [2.24, 2.45) is 0 Å². The third-order valence-corrected chi connectivity index (χ3v) is 5.59. The lowest BCUT2D eigenvalue weighted by Gasteiger charge is -2.32. The zero-order chi connectivity index (χ0) is 14.8. The second-order valence-electron chi connectivity index (χ2n) is 5.22. The van der Waals surface area contributed by atoms with Crippen LogP contribution in [0, 0.1) is 0 Å². The molecule has 0 spiro atoms. The molecule has 1 unspecified atom stereocenters. The molecule has 1 atom stereocenters. The molecule has 21 heavy (non-hydrogen) atoms. The number of hydrogen-bond donors (Lipinski definition) is 1. The summed E-state index contributed by atoms with van der Waals surface area (Å²) in [6.45, 7) is 3.55. The van der Waals surface area contributed by atoms with Crippen LogP contribution < -0.4 is 5.32 Å². The van der Waals surface area contributed by atoms with E-state index >= 15 is 0 Å². The molecule has 0 fully saturated rings. The van der Waals surface area contributed by atoms with Gasteiger partial charge in [-0.15, -0.1) is 11.3 Å². The summed E-state index contributed by atoms with van der Waals surface area (Å²) in [5, 5.41) is 5.12. The SMILES string of the molecule is CC1c2ccsc2CCN1CC(=O)Nc1ccccc1Br. The monoisotopic (exact) mass is 364 g/mol. The Morgan fingerprint density at radius 2 is 2.24 bits per heavy atom. The average molecular weight is 365 g/mol. The van der Waals surface area contributed by atoms with Crippen molar-refractivity contribution >= 4 is 38.9 Å². The van der Waals surface area contributed by atoms with Gasteiger partial charge in [0.25, 0.3) is 0 Å². The maximum absolute atomic E-state index is 12.3. The van der Waals surface area contributed by atoms with E-state index in [1.54, 1.807) is 0 Å². The summed E-state index contributed by atoms with van der Waals surface area (Å²) in [4.78, 5) is 16.0. The first kappa shape index (κ1) is 14.8. The van der Waals surface area contributed by atoms with Crippen LogP contribution in [0.5, 0.6) is 0 Å². The summed E-state index contributed by atoms with van der Waals surface area (Å²) in [5.41, 5.74) is 2.20. The van der Waals surface area contributed by atoms with Gasteiger partial charge in [0, 0.05) is 21.9 Å². The number of carbonyl (C=O) groups excluding carboxylic acids is 1. The van der Waals surface area contributed by atoms with E-state index in [1.807, 2.05) is 35.6 Å². The number of fused-ring (bicyclic) bond motifs is 1. The minimum atomic E-state index is 0.0347. The fourth-order valence-corrected chi connectivity index (χ4v) is 4.06. The van der Waals surface area contributed by atoms with Gasteiger partial charge in [-0.25, -0.2) is 0 Å². The van der Waals surface area contributed by atoms with Crippen molar-refractivity contribution in [1.82, 2.24) is 4.90 Å². The van der Waals surface area contributed by atoms with Crippen LogP contribution in [0.1, 0.15) is 23.4 Å². The molecular weight excluding hydrogens is 348 g/mol. The van der Waals surface area contributed by atoms with Gasteiger partial charge in [0.05, 0.1) is 12.2 Å². The lowest BCUT2D eigenvalue weighted by Crippen LogP contribution is -2.39. The van der Waals surface area contributed by atoms with Crippen LogP contribution in [0.2, 0.25) is 0 Å². The number of hydrogen-bond acceptors (Lipinski definition) is 3. The lowest BCUT2D eigenvalue weighted by molar-refractivity contribution is -0.117. The first-order valence-corrected chi connectivity index (χ1v) is 8.67. The summed E-state index contributed by atoms with van der Waals surface area (Å²) in [6, 6.07) is 10.2. The fraction of sp³-hybridized carbons (Fsp3) is 0.312. The molecule has 2 heterocycles. The second-order valence-corrected chi connectivity index (χ2v) is 7.08. The van der Waals surface area contributed by atoms with E-state index in [2.05, 4.69) is 44.5 Å². The Morgan fingerprint density at radius 1 is 1.43 bits per heavy atom. The molecule has 0 radical (unpaired) electrons. The first-order valence-electron chi connectivity index (χ1n) is 7.00. The highest BCUT2D eigenvalue weighted by atomic mass is 79.9. The van der Waals surface area contributed by atoms with Gasteiger partial charge in [0.1, 0.15) is 0 Å². The van der Waals surface area contributed by atoms with Crippen LogP contribution in [0.3, 0.4) is 0 Å². The van der Waals surface area contributed by atoms with Crippen molar-refractivity contribution in [2.45, 2.75) is 19.4 Å². The second kappa shape index (κ2) is 6.30. The molecule has 5 heteroatoms. The van der Waals surface area contributed by atoms with Gasteiger partial charge in [0.2, 0.25) is 5.91 Å². The predicted molar refractivity (Wildman–Crippen MR) is 90.8 cm³/mol. The largest absolute Gasteiger partial charge is 0.324 e. The van der Waals surface area contributed by atoms with Gasteiger partial charge in [-0.2, -0.15) is 0 Å². The Balaban J connectivity index is 1.65. The molecule has 3 rings (SSSR count). The maximum Gasteiger partial charge on any atom is 0.238 e. The number of nitrogens with one attached hydrogen (secondary N) is 1. The molecule has 1 N–H and O–H groups in total. The van der Waals surface area contributed by atoms with Crippen LogP contribution in [-0.2, 0) is 11.2 Å². The number of nitrogens with zero attached hydrogens (tertiary/aromatic N) is 1. The molecule has 0 bridgehead atoms. The van der Waals surface area contributed by atoms with Crippen LogP contribution in [-0.4, -0.2) is 23.9 Å². The molecule has 0 saturated carbocycles. The number of benzene rings is 1. The molecule has 1 aromatic heterocycles. The molecular formula is C16H17BrN2OS. The molecule has 1 aromatic carbocycles. The Morgan fingerprint density at radius 3 is 3.05 bits per heavy atom. The van der Waals surface area contributed by atoms with Gasteiger partial charge in [-0.1, -0.05) is 12.1 Å². The molecule has 2 aromatic rings. The van der Waals surface area contributed by atoms with Crippen LogP contribution in [0.25, 0.3) is 0 Å². The summed E-state index contributed by atoms with van der Waals surface area (Å²) in [5.74, 6) is 0.0347. The molecule has 0 saturated heterocycles. The summed E-state index contributed by atoms with van der Waals surface area (Å²) < 4.78 is 0.908. The van der Waals surface area contributed by atoms with E-state index < -0.39 is 0 Å². The van der Waals surface area contributed by atoms with Crippen molar-refractivity contribution in [1.29, 1.82) is 0 Å². The number of para-hydroxylation sites is 1. The van der Waals surface area contributed by atoms with Crippen LogP contribution in [0.15, 0.2) is 40.2 Å². The highest BCUT2D eigenvalue weighted by Gasteiger charge is 2.26. The van der Waals surface area contributed by atoms with Crippen molar-refractivity contribution < 1.29 is 4.79 Å². The Kier molecular flexibility index (Phi) is 4.42. The molecule has 1 amide bonds. The van der Waals surface area contributed by atoms with Crippen molar-refractivity contribution in [3.05, 3.63) is 50.6 Å². The lowest BCUT2D eigenvalue weighted by atomic mass is 10.0. The third kappa shape index (κ3) is 3.20. The van der Waals surface area contributed by atoms with Gasteiger partial charge < -0.3 is 5.32 Å². The fourth-order valence-electron chi connectivity index (χ4n) is 2.71. The van der Waals surface area contributed by atoms with E-state index in [4.69, 9.17) is 0 Å². The predicted octanol–water partition coefficient (Wildman–Crippen LogP) is 4.07. The van der Waals surface area contributed by atoms with Crippen LogP contribution in [0.4, 0.5) is 5.69 Å². The van der Waals surface area contributed by atoms with Gasteiger partial charge in [0.15, 0.2) is 0 Å². The number of halogens is 1. The normalized spacial score (nSPS) is 18.3. The highest BCUT2D eigenvalue weighted by molar-refractivity contribution is 9.10. The Labute approximate surface area is 137 Å². The van der Waals surface area contributed by atoms with Crippen LogP contribution >= 0.6 is 27.3 Å². The number of anilines is 1. The molecule has 1 aliphatic rings. The van der Waals surface area contributed by atoms with E-state index in [0.717, 1.165) is 23.1 Å². The highest BCUT2D eigenvalue weighted by Crippen LogP contribution is 2.32. The standard InChI is InChI=1S/C16H17BrN2OS/c1-11-12-7-9-21-15(12)6-8-19(11)10-16(20)18-14-5-3-2-4-13(14)17/h2-5,7,9,11H,6,8,10H2,1H3,(H,18,20). The number of thiophene rings is 1.